The summed E-state index contributed by atoms with van der Waals surface area (Å²) >= 11 is 0. The standard InChI is InChI=1S/C30H63NO2/c1-29(2)23-17-16-22-28-33-27-20-14-10-7-5-6-9-13-19-25-32-26-21-15-11-8-12-18-24-31-30(3)4/h29-31H,5-28H2,1-4H3. The molecule has 0 fully saturated rings. The van der Waals surface area contributed by atoms with E-state index in [1.54, 1.807) is 0 Å². The third kappa shape index (κ3) is 31.9. The molecule has 0 aromatic rings. The largest absolute Gasteiger partial charge is 0.381 e. The van der Waals surface area contributed by atoms with Gasteiger partial charge in [0.05, 0.1) is 0 Å². The smallest absolute Gasteiger partial charge is 0.0466 e. The van der Waals surface area contributed by atoms with E-state index in [1.807, 2.05) is 0 Å². The summed E-state index contributed by atoms with van der Waals surface area (Å²) in [6.45, 7) is 14.1. The Labute approximate surface area is 209 Å². The van der Waals surface area contributed by atoms with Crippen LogP contribution in [0.25, 0.3) is 0 Å². The van der Waals surface area contributed by atoms with Crippen LogP contribution in [0, 0.1) is 5.92 Å². The van der Waals surface area contributed by atoms with E-state index in [0.717, 1.165) is 32.3 Å². The molecule has 0 atom stereocenters. The van der Waals surface area contributed by atoms with Crippen LogP contribution in [0.2, 0.25) is 0 Å². The molecule has 0 aliphatic rings. The lowest BCUT2D eigenvalue weighted by molar-refractivity contribution is 0.125. The highest BCUT2D eigenvalue weighted by molar-refractivity contribution is 4.54. The number of rotatable bonds is 28. The van der Waals surface area contributed by atoms with Gasteiger partial charge in [0.25, 0.3) is 0 Å². The van der Waals surface area contributed by atoms with Gasteiger partial charge in [0, 0.05) is 32.5 Å². The summed E-state index contributed by atoms with van der Waals surface area (Å²) in [6.07, 6.45) is 25.5. The number of hydrogen-bond donors (Lipinski definition) is 1. The lowest BCUT2D eigenvalue weighted by Gasteiger charge is -2.07. The molecule has 33 heavy (non-hydrogen) atoms. The van der Waals surface area contributed by atoms with Gasteiger partial charge in [-0.2, -0.15) is 0 Å². The number of nitrogens with one attached hydrogen (secondary N) is 1. The van der Waals surface area contributed by atoms with Crippen molar-refractivity contribution in [2.75, 3.05) is 33.0 Å². The minimum atomic E-state index is 0.627. The SMILES string of the molecule is CC(C)CCCCCOCCCCCCCCCCCOCCCCCCCCNC(C)C. The van der Waals surface area contributed by atoms with Crippen molar-refractivity contribution in [3.05, 3.63) is 0 Å². The maximum Gasteiger partial charge on any atom is 0.0466 e. The number of ether oxygens (including phenoxy) is 2. The Morgan fingerprint density at radius 2 is 0.758 bits per heavy atom. The average molecular weight is 470 g/mol. The highest BCUT2D eigenvalue weighted by Gasteiger charge is 1.97. The van der Waals surface area contributed by atoms with E-state index in [9.17, 15) is 0 Å². The molecule has 0 radical (unpaired) electrons. The fraction of sp³-hybridized carbons (Fsp3) is 1.00. The molecular weight excluding hydrogens is 406 g/mol. The van der Waals surface area contributed by atoms with Crippen LogP contribution in [0.3, 0.4) is 0 Å². The Bertz CT molecular complexity index is 314. The molecule has 0 heterocycles. The molecule has 1 N–H and O–H groups in total. The van der Waals surface area contributed by atoms with Gasteiger partial charge in [-0.25, -0.2) is 0 Å². The molecule has 0 aromatic carbocycles. The Balaban J connectivity index is 3.01. The van der Waals surface area contributed by atoms with Gasteiger partial charge in [-0.05, 0) is 44.6 Å². The van der Waals surface area contributed by atoms with Crippen molar-refractivity contribution < 1.29 is 9.47 Å². The highest BCUT2D eigenvalue weighted by atomic mass is 16.5. The van der Waals surface area contributed by atoms with Crippen molar-refractivity contribution in [3.63, 3.8) is 0 Å². The van der Waals surface area contributed by atoms with E-state index >= 15 is 0 Å². The van der Waals surface area contributed by atoms with Gasteiger partial charge in [0.2, 0.25) is 0 Å². The second-order valence-corrected chi connectivity index (χ2v) is 10.9. The molecule has 3 heteroatoms. The van der Waals surface area contributed by atoms with Crippen LogP contribution in [0.4, 0.5) is 0 Å². The van der Waals surface area contributed by atoms with Gasteiger partial charge in [0.15, 0.2) is 0 Å². The third-order valence-electron chi connectivity index (χ3n) is 6.42. The Kier molecular flexibility index (Phi) is 28.0. The van der Waals surface area contributed by atoms with Gasteiger partial charge in [-0.15, -0.1) is 0 Å². The predicted molar refractivity (Wildman–Crippen MR) is 147 cm³/mol. The molecule has 0 saturated heterocycles. The molecule has 0 aromatic heterocycles. The summed E-state index contributed by atoms with van der Waals surface area (Å²) in [7, 11) is 0. The first-order valence-corrected chi connectivity index (χ1v) is 15.0. The van der Waals surface area contributed by atoms with Crippen LogP contribution in [0.1, 0.15) is 150 Å². The van der Waals surface area contributed by atoms with Crippen LogP contribution in [-0.2, 0) is 9.47 Å². The van der Waals surface area contributed by atoms with Gasteiger partial charge in [-0.3, -0.25) is 0 Å². The van der Waals surface area contributed by atoms with Gasteiger partial charge < -0.3 is 14.8 Å². The topological polar surface area (TPSA) is 30.5 Å². The maximum atomic E-state index is 5.81. The predicted octanol–water partition coefficient (Wildman–Crippen LogP) is 9.09. The highest BCUT2D eigenvalue weighted by Crippen LogP contribution is 2.11. The molecular formula is C30H63NO2. The van der Waals surface area contributed by atoms with E-state index in [0.29, 0.717) is 6.04 Å². The first-order valence-electron chi connectivity index (χ1n) is 15.0. The average Bonchev–Trinajstić information content (AvgIpc) is 2.78. The molecule has 0 amide bonds. The molecule has 0 aliphatic carbocycles. The first-order chi connectivity index (χ1) is 16.1. The molecule has 0 unspecified atom stereocenters. The summed E-state index contributed by atoms with van der Waals surface area (Å²) in [5.74, 6) is 0.849. The van der Waals surface area contributed by atoms with Crippen molar-refractivity contribution in [2.45, 2.75) is 156 Å². The van der Waals surface area contributed by atoms with Gasteiger partial charge in [-0.1, -0.05) is 118 Å². The lowest BCUT2D eigenvalue weighted by atomic mass is 10.1. The summed E-state index contributed by atoms with van der Waals surface area (Å²) in [5.41, 5.74) is 0. The Morgan fingerprint density at radius 3 is 1.12 bits per heavy atom. The minimum Gasteiger partial charge on any atom is -0.381 e. The maximum absolute atomic E-state index is 5.81. The summed E-state index contributed by atoms with van der Waals surface area (Å²) < 4.78 is 11.6. The number of unbranched alkanes of at least 4 members (excludes halogenated alkanes) is 15. The monoisotopic (exact) mass is 469 g/mol. The van der Waals surface area contributed by atoms with Crippen molar-refractivity contribution in [1.29, 1.82) is 0 Å². The van der Waals surface area contributed by atoms with Crippen LogP contribution in [0.5, 0.6) is 0 Å². The van der Waals surface area contributed by atoms with Crippen molar-refractivity contribution >= 4 is 0 Å². The van der Waals surface area contributed by atoms with Crippen molar-refractivity contribution in [3.8, 4) is 0 Å². The zero-order valence-electron chi connectivity index (χ0n) is 23.4. The molecule has 3 nitrogen and oxygen atoms in total. The molecule has 200 valence electrons. The van der Waals surface area contributed by atoms with Crippen LogP contribution in [0.15, 0.2) is 0 Å². The van der Waals surface area contributed by atoms with Crippen LogP contribution in [-0.4, -0.2) is 39.0 Å². The van der Waals surface area contributed by atoms with E-state index in [-0.39, 0.29) is 0 Å². The zero-order chi connectivity index (χ0) is 24.2. The van der Waals surface area contributed by atoms with Crippen LogP contribution >= 0.6 is 0 Å². The normalized spacial score (nSPS) is 11.8. The molecule has 0 rings (SSSR count). The van der Waals surface area contributed by atoms with Gasteiger partial charge in [0.1, 0.15) is 0 Å². The summed E-state index contributed by atoms with van der Waals surface area (Å²) in [4.78, 5) is 0. The fourth-order valence-corrected chi connectivity index (χ4v) is 4.21. The number of hydrogen-bond acceptors (Lipinski definition) is 3. The third-order valence-corrected chi connectivity index (χ3v) is 6.42. The second kappa shape index (κ2) is 28.1. The van der Waals surface area contributed by atoms with E-state index < -0.39 is 0 Å². The quantitative estimate of drug-likeness (QED) is 0.116. The lowest BCUT2D eigenvalue weighted by Crippen LogP contribution is -2.23. The van der Waals surface area contributed by atoms with E-state index in [2.05, 4.69) is 33.0 Å². The van der Waals surface area contributed by atoms with E-state index in [4.69, 9.17) is 9.47 Å². The minimum absolute atomic E-state index is 0.627. The van der Waals surface area contributed by atoms with Crippen LogP contribution < -0.4 is 5.32 Å². The molecule has 0 spiro atoms. The Hall–Kier alpha value is -0.120. The van der Waals surface area contributed by atoms with Gasteiger partial charge >= 0.3 is 0 Å². The first kappa shape index (κ1) is 32.9. The fourth-order valence-electron chi connectivity index (χ4n) is 4.21. The Morgan fingerprint density at radius 1 is 0.424 bits per heavy atom. The van der Waals surface area contributed by atoms with Crippen molar-refractivity contribution in [1.82, 2.24) is 5.32 Å². The van der Waals surface area contributed by atoms with E-state index in [1.165, 1.54) is 129 Å². The summed E-state index contributed by atoms with van der Waals surface area (Å²) in [6, 6.07) is 0.627. The van der Waals surface area contributed by atoms with Crippen molar-refractivity contribution in [2.24, 2.45) is 5.92 Å². The zero-order valence-corrected chi connectivity index (χ0v) is 23.4. The molecule has 0 bridgehead atoms. The molecule has 0 saturated carbocycles. The molecule has 0 aliphatic heterocycles. The second-order valence-electron chi connectivity index (χ2n) is 10.9. The summed E-state index contributed by atoms with van der Waals surface area (Å²) in [5, 5.41) is 3.49.